The molecule has 3 heteroatoms. The van der Waals surface area contributed by atoms with Crippen LogP contribution >= 0.6 is 15.9 Å². The Kier molecular flexibility index (Phi) is 6.27. The summed E-state index contributed by atoms with van der Waals surface area (Å²) in [4.78, 5) is 0. The van der Waals surface area contributed by atoms with Gasteiger partial charge in [0.2, 0.25) is 0 Å². The van der Waals surface area contributed by atoms with E-state index in [9.17, 15) is 0 Å². The molecule has 0 radical (unpaired) electrons. The molecular formula is C18H22BrNO. The van der Waals surface area contributed by atoms with E-state index in [1.165, 1.54) is 11.1 Å². The quantitative estimate of drug-likeness (QED) is 0.765. The molecule has 0 bridgehead atoms. The van der Waals surface area contributed by atoms with Gasteiger partial charge in [0.15, 0.2) is 0 Å². The highest BCUT2D eigenvalue weighted by atomic mass is 79.9. The van der Waals surface area contributed by atoms with Gasteiger partial charge in [-0.15, -0.1) is 0 Å². The number of benzene rings is 2. The third kappa shape index (κ3) is 4.58. The lowest BCUT2D eigenvalue weighted by atomic mass is 9.98. The Labute approximate surface area is 135 Å². The molecule has 2 nitrogen and oxygen atoms in total. The van der Waals surface area contributed by atoms with E-state index in [4.69, 9.17) is 4.74 Å². The van der Waals surface area contributed by atoms with Crippen LogP contribution in [0.3, 0.4) is 0 Å². The topological polar surface area (TPSA) is 21.3 Å². The molecule has 0 amide bonds. The second-order valence-electron chi connectivity index (χ2n) is 4.95. The predicted octanol–water partition coefficient (Wildman–Crippen LogP) is 4.94. The van der Waals surface area contributed by atoms with Crippen molar-refractivity contribution in [1.82, 2.24) is 5.32 Å². The normalized spacial score (nSPS) is 12.1. The van der Waals surface area contributed by atoms with Crippen LogP contribution in [-0.4, -0.2) is 13.2 Å². The predicted molar refractivity (Wildman–Crippen MR) is 91.9 cm³/mol. The second kappa shape index (κ2) is 8.20. The van der Waals surface area contributed by atoms with Crippen LogP contribution in [0, 0.1) is 0 Å². The minimum absolute atomic E-state index is 0.183. The van der Waals surface area contributed by atoms with E-state index in [0.29, 0.717) is 6.61 Å². The van der Waals surface area contributed by atoms with Crippen LogP contribution in [0.4, 0.5) is 0 Å². The molecule has 2 rings (SSSR count). The van der Waals surface area contributed by atoms with Crippen molar-refractivity contribution in [3.63, 3.8) is 0 Å². The molecule has 0 saturated heterocycles. The molecule has 112 valence electrons. The summed E-state index contributed by atoms with van der Waals surface area (Å²) in [5.41, 5.74) is 2.49. The zero-order valence-electron chi connectivity index (χ0n) is 12.6. The van der Waals surface area contributed by atoms with Gasteiger partial charge in [0.1, 0.15) is 5.75 Å². The van der Waals surface area contributed by atoms with Crippen LogP contribution in [-0.2, 0) is 0 Å². The van der Waals surface area contributed by atoms with Crippen LogP contribution < -0.4 is 10.1 Å². The van der Waals surface area contributed by atoms with Gasteiger partial charge in [-0.25, -0.2) is 0 Å². The van der Waals surface area contributed by atoms with E-state index < -0.39 is 0 Å². The van der Waals surface area contributed by atoms with Crippen molar-refractivity contribution in [2.45, 2.75) is 26.3 Å². The number of hydrogen-bond donors (Lipinski definition) is 1. The lowest BCUT2D eigenvalue weighted by Crippen LogP contribution is -2.23. The van der Waals surface area contributed by atoms with Gasteiger partial charge in [-0.2, -0.15) is 0 Å². The van der Waals surface area contributed by atoms with Gasteiger partial charge in [-0.05, 0) is 55.3 Å². The average Bonchev–Trinajstić information content (AvgIpc) is 2.49. The molecule has 1 atom stereocenters. The van der Waals surface area contributed by atoms with Crippen molar-refractivity contribution >= 4 is 15.9 Å². The summed E-state index contributed by atoms with van der Waals surface area (Å²) >= 11 is 3.56. The first kappa shape index (κ1) is 16.1. The van der Waals surface area contributed by atoms with Gasteiger partial charge >= 0.3 is 0 Å². The number of halogens is 1. The molecule has 0 saturated carbocycles. The zero-order chi connectivity index (χ0) is 15.1. The summed E-state index contributed by atoms with van der Waals surface area (Å²) < 4.78 is 6.72. The van der Waals surface area contributed by atoms with E-state index in [1.807, 2.05) is 13.0 Å². The van der Waals surface area contributed by atoms with Crippen LogP contribution in [0.1, 0.15) is 37.4 Å². The van der Waals surface area contributed by atoms with E-state index in [-0.39, 0.29) is 6.04 Å². The molecule has 0 aromatic heterocycles. The van der Waals surface area contributed by atoms with Gasteiger partial charge in [0.05, 0.1) is 12.6 Å². The highest BCUT2D eigenvalue weighted by molar-refractivity contribution is 9.10. The second-order valence-corrected chi connectivity index (χ2v) is 5.86. The largest absolute Gasteiger partial charge is 0.494 e. The summed E-state index contributed by atoms with van der Waals surface area (Å²) in [5.74, 6) is 0.924. The van der Waals surface area contributed by atoms with Crippen molar-refractivity contribution in [2.24, 2.45) is 0 Å². The number of ether oxygens (including phenoxy) is 1. The number of nitrogens with one attached hydrogen (secondary N) is 1. The van der Waals surface area contributed by atoms with Gasteiger partial charge in [0, 0.05) is 4.47 Å². The SMILES string of the molecule is CCCNC(c1cccc(Br)c1)c1cccc(OCC)c1. The third-order valence-electron chi connectivity index (χ3n) is 3.28. The van der Waals surface area contributed by atoms with Gasteiger partial charge < -0.3 is 10.1 Å². The maximum Gasteiger partial charge on any atom is 0.119 e. The minimum Gasteiger partial charge on any atom is -0.494 e. The maximum atomic E-state index is 5.62. The highest BCUT2D eigenvalue weighted by Gasteiger charge is 2.14. The average molecular weight is 348 g/mol. The number of hydrogen-bond acceptors (Lipinski definition) is 2. The van der Waals surface area contributed by atoms with Crippen molar-refractivity contribution in [3.05, 3.63) is 64.1 Å². The van der Waals surface area contributed by atoms with Gasteiger partial charge in [-0.3, -0.25) is 0 Å². The Morgan fingerprint density at radius 3 is 2.43 bits per heavy atom. The summed E-state index contributed by atoms with van der Waals surface area (Å²) in [6, 6.07) is 17.0. The van der Waals surface area contributed by atoms with Gasteiger partial charge in [0.25, 0.3) is 0 Å². The molecule has 0 spiro atoms. The lowest BCUT2D eigenvalue weighted by molar-refractivity contribution is 0.339. The van der Waals surface area contributed by atoms with Crippen LogP contribution in [0.15, 0.2) is 53.0 Å². The van der Waals surface area contributed by atoms with Crippen LogP contribution in [0.5, 0.6) is 5.75 Å². The molecule has 0 fully saturated rings. The first-order valence-corrected chi connectivity index (χ1v) is 8.25. The molecule has 0 aliphatic rings. The molecule has 1 N–H and O–H groups in total. The molecule has 0 aliphatic heterocycles. The molecule has 21 heavy (non-hydrogen) atoms. The lowest BCUT2D eigenvalue weighted by Gasteiger charge is -2.20. The van der Waals surface area contributed by atoms with Crippen molar-refractivity contribution in [2.75, 3.05) is 13.2 Å². The highest BCUT2D eigenvalue weighted by Crippen LogP contribution is 2.27. The van der Waals surface area contributed by atoms with Crippen molar-refractivity contribution in [1.29, 1.82) is 0 Å². The van der Waals surface area contributed by atoms with E-state index in [2.05, 4.69) is 70.6 Å². The van der Waals surface area contributed by atoms with Gasteiger partial charge in [-0.1, -0.05) is 47.1 Å². The third-order valence-corrected chi connectivity index (χ3v) is 3.78. The van der Waals surface area contributed by atoms with Crippen LogP contribution in [0.2, 0.25) is 0 Å². The Bertz CT molecular complexity index is 571. The Balaban J connectivity index is 2.33. The van der Waals surface area contributed by atoms with E-state index in [0.717, 1.165) is 23.2 Å². The Morgan fingerprint density at radius 2 is 1.76 bits per heavy atom. The summed E-state index contributed by atoms with van der Waals surface area (Å²) in [7, 11) is 0. The van der Waals surface area contributed by atoms with Crippen molar-refractivity contribution < 1.29 is 4.74 Å². The van der Waals surface area contributed by atoms with Crippen LogP contribution in [0.25, 0.3) is 0 Å². The Morgan fingerprint density at radius 1 is 1.05 bits per heavy atom. The standard InChI is InChI=1S/C18H22BrNO/c1-3-11-20-18(14-7-5-9-16(19)12-14)15-8-6-10-17(13-15)21-4-2/h5-10,12-13,18,20H,3-4,11H2,1-2H3. The fraction of sp³-hybridized carbons (Fsp3) is 0.333. The first-order chi connectivity index (χ1) is 10.2. The first-order valence-electron chi connectivity index (χ1n) is 7.46. The number of rotatable bonds is 7. The Hall–Kier alpha value is -1.32. The van der Waals surface area contributed by atoms with E-state index >= 15 is 0 Å². The summed E-state index contributed by atoms with van der Waals surface area (Å²) in [6.45, 7) is 5.86. The smallest absolute Gasteiger partial charge is 0.119 e. The van der Waals surface area contributed by atoms with Crippen molar-refractivity contribution in [3.8, 4) is 5.75 Å². The molecule has 2 aromatic rings. The van der Waals surface area contributed by atoms with E-state index in [1.54, 1.807) is 0 Å². The minimum atomic E-state index is 0.183. The monoisotopic (exact) mass is 347 g/mol. The molecule has 1 unspecified atom stereocenters. The maximum absolute atomic E-state index is 5.62. The molecule has 2 aromatic carbocycles. The summed E-state index contributed by atoms with van der Waals surface area (Å²) in [5, 5.41) is 3.62. The fourth-order valence-electron chi connectivity index (χ4n) is 2.35. The molecule has 0 aliphatic carbocycles. The molecular weight excluding hydrogens is 326 g/mol. The fourth-order valence-corrected chi connectivity index (χ4v) is 2.77. The zero-order valence-corrected chi connectivity index (χ0v) is 14.2. The summed E-state index contributed by atoms with van der Waals surface area (Å²) in [6.07, 6.45) is 1.11. The molecule has 0 heterocycles.